The zero-order valence-electron chi connectivity index (χ0n) is 34.6. The van der Waals surface area contributed by atoms with E-state index in [4.69, 9.17) is 0 Å². The van der Waals surface area contributed by atoms with Crippen LogP contribution in [0.4, 0.5) is 17.1 Å². The number of fused-ring (bicyclic) bond motifs is 6. The zero-order chi connectivity index (χ0) is 41.7. The fraction of sp³-hybridized carbons (Fsp3) is 0.0164. The van der Waals surface area contributed by atoms with Crippen LogP contribution in [0.25, 0.3) is 60.9 Å². The Bertz CT molecular complexity index is 3370. The molecule has 2 nitrogen and oxygen atoms in total. The average molecular weight is 803 g/mol. The van der Waals surface area contributed by atoms with Crippen LogP contribution >= 0.6 is 0 Å². The highest BCUT2D eigenvalue weighted by Gasteiger charge is 2.46. The van der Waals surface area contributed by atoms with Crippen LogP contribution in [0.3, 0.4) is 0 Å². The third-order valence-electron chi connectivity index (χ3n) is 13.1. The first kappa shape index (κ1) is 36.6. The third-order valence-corrected chi connectivity index (χ3v) is 13.1. The first-order chi connectivity index (χ1) is 31.3. The standard InChI is InChI=1S/C61H42N2/c1-5-17-47(18-6-1)61(48-19-7-2-8-20-48)57-27-15-13-25-53(57)54-39-38-52(42-58(54)61)62(49-21-9-3-10-22-49)51-36-33-44(34-37-51)43-29-31-45(32-30-43)46-35-40-60-56(41-46)55-26-14-16-28-59(55)63(60)50-23-11-4-12-24-50/h1-42H. The third kappa shape index (κ3) is 5.95. The summed E-state index contributed by atoms with van der Waals surface area (Å²) in [5.41, 5.74) is 18.9. The van der Waals surface area contributed by atoms with Crippen molar-refractivity contribution in [1.82, 2.24) is 4.57 Å². The van der Waals surface area contributed by atoms with E-state index in [2.05, 4.69) is 264 Å². The number of benzene rings is 10. The Balaban J connectivity index is 0.915. The Morgan fingerprint density at radius 2 is 0.778 bits per heavy atom. The lowest BCUT2D eigenvalue weighted by molar-refractivity contribution is 0.768. The smallest absolute Gasteiger partial charge is 0.0714 e. The highest BCUT2D eigenvalue weighted by atomic mass is 15.1. The summed E-state index contributed by atoms with van der Waals surface area (Å²) in [6.45, 7) is 0. The van der Waals surface area contributed by atoms with Crippen molar-refractivity contribution in [2.45, 2.75) is 5.41 Å². The van der Waals surface area contributed by atoms with Gasteiger partial charge in [-0.1, -0.05) is 188 Å². The molecule has 1 heterocycles. The number of nitrogens with zero attached hydrogens (tertiary/aromatic N) is 2. The van der Waals surface area contributed by atoms with E-state index in [1.165, 1.54) is 83.1 Å². The molecular weight excluding hydrogens is 761 g/mol. The molecule has 11 aromatic rings. The minimum atomic E-state index is -0.477. The summed E-state index contributed by atoms with van der Waals surface area (Å²) in [5.74, 6) is 0. The van der Waals surface area contributed by atoms with Gasteiger partial charge in [-0.15, -0.1) is 0 Å². The highest BCUT2D eigenvalue weighted by Crippen LogP contribution is 2.57. The van der Waals surface area contributed by atoms with Crippen LogP contribution in [0.5, 0.6) is 0 Å². The number of aromatic nitrogens is 1. The van der Waals surface area contributed by atoms with Crippen LogP contribution in [0.15, 0.2) is 255 Å². The van der Waals surface area contributed by atoms with Crippen LogP contribution in [0, 0.1) is 0 Å². The molecule has 0 fully saturated rings. The predicted octanol–water partition coefficient (Wildman–Crippen LogP) is 16.0. The van der Waals surface area contributed by atoms with Crippen molar-refractivity contribution in [3.63, 3.8) is 0 Å². The second-order valence-corrected chi connectivity index (χ2v) is 16.5. The fourth-order valence-electron chi connectivity index (χ4n) is 10.3. The summed E-state index contributed by atoms with van der Waals surface area (Å²) in [7, 11) is 0. The number of para-hydroxylation sites is 3. The summed E-state index contributed by atoms with van der Waals surface area (Å²) in [6, 6.07) is 93.1. The maximum atomic E-state index is 2.44. The summed E-state index contributed by atoms with van der Waals surface area (Å²) >= 11 is 0. The van der Waals surface area contributed by atoms with Crippen molar-refractivity contribution in [3.05, 3.63) is 277 Å². The van der Waals surface area contributed by atoms with Crippen LogP contribution in [-0.4, -0.2) is 4.57 Å². The number of rotatable bonds is 8. The molecule has 0 N–H and O–H groups in total. The van der Waals surface area contributed by atoms with Gasteiger partial charge in [0.2, 0.25) is 0 Å². The summed E-state index contributed by atoms with van der Waals surface area (Å²) in [5, 5.41) is 2.52. The highest BCUT2D eigenvalue weighted by molar-refractivity contribution is 6.10. The van der Waals surface area contributed by atoms with Gasteiger partial charge in [-0.3, -0.25) is 0 Å². The molecule has 0 aliphatic heterocycles. The van der Waals surface area contributed by atoms with Gasteiger partial charge in [0.15, 0.2) is 0 Å². The molecule has 0 spiro atoms. The Labute approximate surface area is 368 Å². The van der Waals surface area contributed by atoms with Gasteiger partial charge in [0.05, 0.1) is 16.4 Å². The van der Waals surface area contributed by atoms with Gasteiger partial charge in [-0.25, -0.2) is 0 Å². The number of hydrogen-bond acceptors (Lipinski definition) is 1. The van der Waals surface area contributed by atoms with E-state index >= 15 is 0 Å². The molecular formula is C61H42N2. The number of anilines is 3. The van der Waals surface area contributed by atoms with Gasteiger partial charge in [0.25, 0.3) is 0 Å². The van der Waals surface area contributed by atoms with Crippen LogP contribution in [0.2, 0.25) is 0 Å². The summed E-state index contributed by atoms with van der Waals surface area (Å²) in [6.07, 6.45) is 0. The van der Waals surface area contributed by atoms with E-state index in [1.807, 2.05) is 0 Å². The van der Waals surface area contributed by atoms with Crippen molar-refractivity contribution < 1.29 is 0 Å². The topological polar surface area (TPSA) is 8.17 Å². The maximum Gasteiger partial charge on any atom is 0.0714 e. The van der Waals surface area contributed by atoms with Crippen molar-refractivity contribution >= 4 is 38.9 Å². The molecule has 0 bridgehead atoms. The van der Waals surface area contributed by atoms with Gasteiger partial charge in [-0.05, 0) is 122 Å². The minimum absolute atomic E-state index is 0.477. The lowest BCUT2D eigenvalue weighted by Crippen LogP contribution is -2.28. The fourth-order valence-corrected chi connectivity index (χ4v) is 10.3. The molecule has 1 aliphatic rings. The van der Waals surface area contributed by atoms with E-state index in [1.54, 1.807) is 0 Å². The molecule has 1 aromatic heterocycles. The quantitative estimate of drug-likeness (QED) is 0.149. The molecule has 63 heavy (non-hydrogen) atoms. The van der Waals surface area contributed by atoms with Crippen molar-refractivity contribution in [2.75, 3.05) is 4.90 Å². The Morgan fingerprint density at radius 1 is 0.302 bits per heavy atom. The predicted molar refractivity (Wildman–Crippen MR) is 264 cm³/mol. The van der Waals surface area contributed by atoms with Gasteiger partial charge in [0, 0.05) is 33.5 Å². The first-order valence-electron chi connectivity index (χ1n) is 21.8. The molecule has 1 aliphatic carbocycles. The molecule has 0 radical (unpaired) electrons. The van der Waals surface area contributed by atoms with Crippen LogP contribution < -0.4 is 4.90 Å². The molecule has 0 unspecified atom stereocenters. The maximum absolute atomic E-state index is 2.44. The Morgan fingerprint density at radius 3 is 1.46 bits per heavy atom. The molecule has 0 saturated carbocycles. The van der Waals surface area contributed by atoms with E-state index in [-0.39, 0.29) is 0 Å². The Hall–Kier alpha value is -8.20. The van der Waals surface area contributed by atoms with Crippen molar-refractivity contribution in [2.24, 2.45) is 0 Å². The lowest BCUT2D eigenvalue weighted by atomic mass is 9.67. The van der Waals surface area contributed by atoms with Gasteiger partial charge >= 0.3 is 0 Å². The van der Waals surface area contributed by atoms with Crippen LogP contribution in [0.1, 0.15) is 22.3 Å². The minimum Gasteiger partial charge on any atom is -0.310 e. The van der Waals surface area contributed by atoms with E-state index in [0.717, 1.165) is 17.1 Å². The molecule has 12 rings (SSSR count). The normalized spacial score (nSPS) is 12.6. The van der Waals surface area contributed by atoms with Crippen LogP contribution in [-0.2, 0) is 5.41 Å². The van der Waals surface area contributed by atoms with E-state index in [0.29, 0.717) is 0 Å². The zero-order valence-corrected chi connectivity index (χ0v) is 34.6. The molecule has 296 valence electrons. The SMILES string of the molecule is c1ccc(N(c2ccc(-c3ccc(-c4ccc5c(c4)c4ccccc4n5-c4ccccc4)cc3)cc2)c2ccc3c(c2)C(c2ccccc2)(c2ccccc2)c2ccccc2-3)cc1. The molecule has 0 amide bonds. The van der Waals surface area contributed by atoms with Gasteiger partial charge in [0.1, 0.15) is 0 Å². The molecule has 2 heteroatoms. The van der Waals surface area contributed by atoms with Gasteiger partial charge in [-0.2, -0.15) is 0 Å². The Kier molecular flexibility index (Phi) is 8.76. The van der Waals surface area contributed by atoms with E-state index in [9.17, 15) is 0 Å². The first-order valence-corrected chi connectivity index (χ1v) is 21.8. The largest absolute Gasteiger partial charge is 0.310 e. The molecule has 0 saturated heterocycles. The van der Waals surface area contributed by atoms with Gasteiger partial charge < -0.3 is 9.47 Å². The average Bonchev–Trinajstić information content (AvgIpc) is 3.86. The molecule has 10 aromatic carbocycles. The van der Waals surface area contributed by atoms with Crippen molar-refractivity contribution in [3.8, 4) is 39.1 Å². The summed E-state index contributed by atoms with van der Waals surface area (Å²) < 4.78 is 2.37. The monoisotopic (exact) mass is 802 g/mol. The van der Waals surface area contributed by atoms with E-state index < -0.39 is 5.41 Å². The second kappa shape index (κ2) is 15.1. The second-order valence-electron chi connectivity index (χ2n) is 16.5. The number of hydrogen-bond donors (Lipinski definition) is 0. The lowest BCUT2D eigenvalue weighted by Gasteiger charge is -2.35. The molecule has 0 atom stereocenters. The van der Waals surface area contributed by atoms with Crippen molar-refractivity contribution in [1.29, 1.82) is 0 Å². The summed E-state index contributed by atoms with van der Waals surface area (Å²) in [4.78, 5) is 2.39.